The van der Waals surface area contributed by atoms with Gasteiger partial charge in [0.15, 0.2) is 12.6 Å². The number of hydrogen-bond acceptors (Lipinski definition) is 5. The molecule has 0 aromatic heterocycles. The van der Waals surface area contributed by atoms with Gasteiger partial charge in [-0.25, -0.2) is 0 Å². The summed E-state index contributed by atoms with van der Waals surface area (Å²) in [6.07, 6.45) is 1.70. The first-order valence-corrected chi connectivity index (χ1v) is 6.38. The molecule has 1 fully saturated rings. The van der Waals surface area contributed by atoms with Crippen LogP contribution in [-0.4, -0.2) is 44.5 Å². The Morgan fingerprint density at radius 3 is 2.89 bits per heavy atom. The van der Waals surface area contributed by atoms with E-state index in [1.54, 1.807) is 11.2 Å². The van der Waals surface area contributed by atoms with Gasteiger partial charge >= 0.3 is 0 Å². The van der Waals surface area contributed by atoms with Gasteiger partial charge in [-0.15, -0.1) is 0 Å². The van der Waals surface area contributed by atoms with Crippen molar-refractivity contribution in [2.45, 2.75) is 25.6 Å². The molecular weight excluding hydrogens is 244 g/mol. The number of rotatable bonds is 5. The molecule has 0 N–H and O–H groups in total. The molecule has 1 aromatic carbocycles. The van der Waals surface area contributed by atoms with Gasteiger partial charge in [0.1, 0.15) is 0 Å². The third-order valence-electron chi connectivity index (χ3n) is 2.62. The third-order valence-corrected chi connectivity index (χ3v) is 2.62. The van der Waals surface area contributed by atoms with Crippen molar-refractivity contribution in [1.82, 2.24) is 5.01 Å². The Hall–Kier alpha value is -1.43. The highest BCUT2D eigenvalue weighted by atomic mass is 16.8. The minimum Gasteiger partial charge on any atom is -0.348 e. The Morgan fingerprint density at radius 1 is 1.37 bits per heavy atom. The average Bonchev–Trinajstić information content (AvgIpc) is 2.44. The lowest BCUT2D eigenvalue weighted by Crippen LogP contribution is -2.35. The molecule has 0 radical (unpaired) electrons. The zero-order valence-electron chi connectivity index (χ0n) is 11.4. The molecule has 0 saturated carbocycles. The second-order valence-electron chi connectivity index (χ2n) is 4.50. The summed E-state index contributed by atoms with van der Waals surface area (Å²) in [5.74, 6) is 0. The van der Waals surface area contributed by atoms with Crippen molar-refractivity contribution < 1.29 is 14.2 Å². The van der Waals surface area contributed by atoms with Gasteiger partial charge in [-0.3, -0.25) is 0 Å². The molecule has 0 amide bonds. The lowest BCUT2D eigenvalue weighted by atomic mass is 10.2. The summed E-state index contributed by atoms with van der Waals surface area (Å²) in [4.78, 5) is 0. The molecule has 1 saturated heterocycles. The molecule has 0 unspecified atom stereocenters. The van der Waals surface area contributed by atoms with Crippen LogP contribution in [0.5, 0.6) is 0 Å². The molecule has 0 bridgehead atoms. The number of ether oxygens (including phenoxy) is 3. The van der Waals surface area contributed by atoms with E-state index in [-0.39, 0.29) is 6.29 Å². The minimum atomic E-state index is -0.433. The zero-order valence-corrected chi connectivity index (χ0v) is 11.4. The van der Waals surface area contributed by atoms with Crippen LogP contribution in [-0.2, 0) is 20.8 Å². The molecule has 1 aliphatic heterocycles. The summed E-state index contributed by atoms with van der Waals surface area (Å²) in [7, 11) is 3.70. The molecular formula is C14H20N2O3. The van der Waals surface area contributed by atoms with Crippen molar-refractivity contribution in [3.8, 4) is 0 Å². The molecule has 1 aromatic rings. The molecule has 2 rings (SSSR count). The van der Waals surface area contributed by atoms with Crippen molar-refractivity contribution in [3.63, 3.8) is 0 Å². The van der Waals surface area contributed by atoms with Crippen LogP contribution in [0.15, 0.2) is 35.4 Å². The number of hydrogen-bond donors (Lipinski definition) is 0. The van der Waals surface area contributed by atoms with Crippen molar-refractivity contribution in [2.75, 3.05) is 20.7 Å². The molecule has 0 aliphatic carbocycles. The van der Waals surface area contributed by atoms with Crippen LogP contribution < -0.4 is 0 Å². The van der Waals surface area contributed by atoms with Crippen LogP contribution in [0.2, 0.25) is 0 Å². The van der Waals surface area contributed by atoms with E-state index in [0.29, 0.717) is 13.2 Å². The Bertz CT molecular complexity index is 395. The smallest absolute Gasteiger partial charge is 0.198 e. The Balaban J connectivity index is 1.78. The molecule has 2 atom stereocenters. The van der Waals surface area contributed by atoms with E-state index >= 15 is 0 Å². The molecule has 104 valence electrons. The van der Waals surface area contributed by atoms with Crippen molar-refractivity contribution in [2.24, 2.45) is 5.10 Å². The maximum Gasteiger partial charge on any atom is 0.198 e. The van der Waals surface area contributed by atoms with E-state index in [1.165, 1.54) is 0 Å². The van der Waals surface area contributed by atoms with Crippen LogP contribution in [0.25, 0.3) is 0 Å². The highest BCUT2D eigenvalue weighted by Crippen LogP contribution is 2.14. The molecule has 19 heavy (non-hydrogen) atoms. The van der Waals surface area contributed by atoms with Gasteiger partial charge < -0.3 is 19.2 Å². The monoisotopic (exact) mass is 264 g/mol. The molecule has 1 heterocycles. The summed E-state index contributed by atoms with van der Waals surface area (Å²) in [6, 6.07) is 10.0. The van der Waals surface area contributed by atoms with Crippen LogP contribution in [0.4, 0.5) is 0 Å². The van der Waals surface area contributed by atoms with Gasteiger partial charge in [0.25, 0.3) is 0 Å². The van der Waals surface area contributed by atoms with E-state index in [0.717, 1.165) is 12.0 Å². The van der Waals surface area contributed by atoms with E-state index < -0.39 is 6.29 Å². The summed E-state index contributed by atoms with van der Waals surface area (Å²) < 4.78 is 16.8. The fourth-order valence-electron chi connectivity index (χ4n) is 1.69. The summed E-state index contributed by atoms with van der Waals surface area (Å²) in [5.41, 5.74) is 1.14. The molecule has 5 nitrogen and oxygen atoms in total. The van der Waals surface area contributed by atoms with Crippen LogP contribution in [0.3, 0.4) is 0 Å². The van der Waals surface area contributed by atoms with Gasteiger partial charge in [0, 0.05) is 20.5 Å². The maximum absolute atomic E-state index is 5.73. The Labute approximate surface area is 113 Å². The molecule has 0 spiro atoms. The number of nitrogens with zero attached hydrogens (tertiary/aromatic N) is 2. The minimum absolute atomic E-state index is 0.243. The fraction of sp³-hybridized carbons (Fsp3) is 0.500. The first kappa shape index (κ1) is 14.0. The summed E-state index contributed by atoms with van der Waals surface area (Å²) >= 11 is 0. The largest absolute Gasteiger partial charge is 0.348 e. The second-order valence-corrected chi connectivity index (χ2v) is 4.50. The Morgan fingerprint density at radius 2 is 2.16 bits per heavy atom. The van der Waals surface area contributed by atoms with Crippen LogP contribution in [0, 0.1) is 0 Å². The topological polar surface area (TPSA) is 43.3 Å². The molecule has 1 aliphatic rings. The van der Waals surface area contributed by atoms with Gasteiger partial charge in [-0.1, -0.05) is 30.3 Å². The Kier molecular flexibility index (Phi) is 5.32. The maximum atomic E-state index is 5.73. The standard InChI is InChI=1S/C14H20N2O3/c1-16(2)15-10-14-17-9-8-13(19-14)18-11-12-6-4-3-5-7-12/h3-7,10,13-14H,8-9,11H2,1-2H3/b15-10+/t13-,14-/m0/s1. The van der Waals surface area contributed by atoms with E-state index in [2.05, 4.69) is 5.10 Å². The van der Waals surface area contributed by atoms with E-state index in [1.807, 2.05) is 44.4 Å². The fourth-order valence-corrected chi connectivity index (χ4v) is 1.69. The van der Waals surface area contributed by atoms with Crippen molar-refractivity contribution in [3.05, 3.63) is 35.9 Å². The number of benzene rings is 1. The van der Waals surface area contributed by atoms with Crippen LogP contribution in [0.1, 0.15) is 12.0 Å². The summed E-state index contributed by atoms with van der Waals surface area (Å²) in [6.45, 7) is 1.16. The SMILES string of the molecule is CN(C)/N=C/[C@H]1OCC[C@@H](OCc2ccccc2)O1. The van der Waals surface area contributed by atoms with E-state index in [9.17, 15) is 0 Å². The predicted octanol–water partition coefficient (Wildman–Crippen LogP) is 1.84. The second kappa shape index (κ2) is 7.23. The van der Waals surface area contributed by atoms with Gasteiger partial charge in [-0.2, -0.15) is 5.10 Å². The highest BCUT2D eigenvalue weighted by Gasteiger charge is 2.22. The quantitative estimate of drug-likeness (QED) is 0.601. The normalized spacial score (nSPS) is 23.7. The van der Waals surface area contributed by atoms with Gasteiger partial charge in [0.05, 0.1) is 19.4 Å². The van der Waals surface area contributed by atoms with Crippen molar-refractivity contribution in [1.29, 1.82) is 0 Å². The highest BCUT2D eigenvalue weighted by molar-refractivity contribution is 5.60. The predicted molar refractivity (Wildman–Crippen MR) is 72.6 cm³/mol. The molecule has 5 heteroatoms. The van der Waals surface area contributed by atoms with Crippen LogP contribution >= 0.6 is 0 Å². The summed E-state index contributed by atoms with van der Waals surface area (Å²) in [5, 5.41) is 5.80. The first-order valence-electron chi connectivity index (χ1n) is 6.38. The zero-order chi connectivity index (χ0) is 13.5. The van der Waals surface area contributed by atoms with Crippen molar-refractivity contribution >= 4 is 6.21 Å². The first-order chi connectivity index (χ1) is 9.24. The van der Waals surface area contributed by atoms with E-state index in [4.69, 9.17) is 14.2 Å². The lowest BCUT2D eigenvalue weighted by molar-refractivity contribution is -0.262. The number of hydrazone groups is 1. The third kappa shape index (κ3) is 4.98. The van der Waals surface area contributed by atoms with Gasteiger partial charge in [0.2, 0.25) is 0 Å². The lowest BCUT2D eigenvalue weighted by Gasteiger charge is -2.28. The van der Waals surface area contributed by atoms with Gasteiger partial charge in [-0.05, 0) is 5.56 Å². The average molecular weight is 264 g/mol.